The Morgan fingerprint density at radius 3 is 2.30 bits per heavy atom. The van der Waals surface area contributed by atoms with Crippen LogP contribution >= 0.6 is 11.8 Å². The van der Waals surface area contributed by atoms with Crippen LogP contribution in [0.25, 0.3) is 0 Å². The fourth-order valence-corrected chi connectivity index (χ4v) is 4.14. The maximum absolute atomic E-state index is 12.8. The molecule has 0 radical (unpaired) electrons. The molecule has 0 bridgehead atoms. The first-order valence-corrected chi connectivity index (χ1v) is 11.3. The van der Waals surface area contributed by atoms with Crippen molar-refractivity contribution in [1.82, 2.24) is 5.32 Å². The summed E-state index contributed by atoms with van der Waals surface area (Å²) in [7, 11) is 1.29. The molecule has 1 heterocycles. The number of benzene rings is 1. The number of dihydropyridines is 1. The fraction of sp³-hybridized carbons (Fsp3) is 0.417. The van der Waals surface area contributed by atoms with Gasteiger partial charge in [0.15, 0.2) is 0 Å². The monoisotopic (exact) mass is 472 g/mol. The summed E-state index contributed by atoms with van der Waals surface area (Å²) in [5, 5.41) is 13.6. The molecule has 0 saturated heterocycles. The van der Waals surface area contributed by atoms with Crippen molar-refractivity contribution in [3.63, 3.8) is 0 Å². The molecule has 0 spiro atoms. The molecule has 1 unspecified atom stereocenters. The molecule has 33 heavy (non-hydrogen) atoms. The maximum atomic E-state index is 12.8. The number of hydrogen-bond donors (Lipinski definition) is 1. The summed E-state index contributed by atoms with van der Waals surface area (Å²) in [6, 6.07) is 8.67. The smallest absolute Gasteiger partial charge is 0.337 e. The molecule has 1 aliphatic heterocycles. The van der Waals surface area contributed by atoms with Gasteiger partial charge in [0.2, 0.25) is 0 Å². The van der Waals surface area contributed by atoms with Gasteiger partial charge in [0.25, 0.3) is 0 Å². The third-order valence-electron chi connectivity index (χ3n) is 4.56. The molecular weight excluding hydrogens is 444 g/mol. The van der Waals surface area contributed by atoms with Crippen LogP contribution < -0.4 is 5.32 Å². The molecule has 8 nitrogen and oxygen atoms in total. The minimum atomic E-state index is -0.733. The summed E-state index contributed by atoms with van der Waals surface area (Å²) in [6.45, 7) is 8.93. The summed E-state index contributed by atoms with van der Waals surface area (Å²) in [6.07, 6.45) is 0. The lowest BCUT2D eigenvalue weighted by Crippen LogP contribution is -2.30. The largest absolute Gasteiger partial charge is 0.465 e. The molecule has 0 aromatic heterocycles. The Labute approximate surface area is 198 Å². The van der Waals surface area contributed by atoms with Crippen molar-refractivity contribution < 1.29 is 28.6 Å². The highest BCUT2D eigenvalue weighted by Gasteiger charge is 2.36. The van der Waals surface area contributed by atoms with E-state index in [-0.39, 0.29) is 17.9 Å². The third kappa shape index (κ3) is 6.62. The quantitative estimate of drug-likeness (QED) is 0.467. The first-order chi connectivity index (χ1) is 15.5. The molecule has 1 aromatic rings. The minimum absolute atomic E-state index is 0.0131. The second-order valence-electron chi connectivity index (χ2n) is 8.16. The van der Waals surface area contributed by atoms with Crippen LogP contribution in [0.4, 0.5) is 0 Å². The van der Waals surface area contributed by atoms with Crippen LogP contribution in [-0.2, 0) is 23.8 Å². The Balaban J connectivity index is 2.48. The number of nitrogens with one attached hydrogen (secondary N) is 1. The van der Waals surface area contributed by atoms with Crippen molar-refractivity contribution in [2.45, 2.75) is 46.1 Å². The van der Waals surface area contributed by atoms with Crippen LogP contribution in [0, 0.1) is 11.3 Å². The van der Waals surface area contributed by atoms with Gasteiger partial charge in [0.05, 0.1) is 53.2 Å². The standard InChI is InChI=1S/C24H28N2O6S/c1-7-31-23(29)19-14(2)26-21(33-13-18(27)32-24(3,4)5)17(12-25)20(19)15-8-10-16(11-9-15)22(28)30-6/h8-11,20,26H,7,13H2,1-6H3. The molecule has 176 valence electrons. The van der Waals surface area contributed by atoms with Crippen molar-refractivity contribution in [3.05, 3.63) is 57.3 Å². The highest BCUT2D eigenvalue weighted by atomic mass is 32.2. The Hall–Kier alpha value is -3.25. The lowest BCUT2D eigenvalue weighted by atomic mass is 9.82. The number of nitriles is 1. The summed E-state index contributed by atoms with van der Waals surface area (Å²) < 4.78 is 15.3. The van der Waals surface area contributed by atoms with E-state index in [0.717, 1.165) is 11.8 Å². The van der Waals surface area contributed by atoms with E-state index >= 15 is 0 Å². The summed E-state index contributed by atoms with van der Waals surface area (Å²) in [4.78, 5) is 36.8. The van der Waals surface area contributed by atoms with Gasteiger partial charge in [-0.1, -0.05) is 23.9 Å². The number of carbonyl (C=O) groups is 3. The number of carbonyl (C=O) groups excluding carboxylic acids is 3. The van der Waals surface area contributed by atoms with Crippen LogP contribution in [0.2, 0.25) is 0 Å². The molecule has 0 aliphatic carbocycles. The van der Waals surface area contributed by atoms with Gasteiger partial charge in [0.1, 0.15) is 5.60 Å². The highest BCUT2D eigenvalue weighted by Crippen LogP contribution is 2.41. The van der Waals surface area contributed by atoms with Gasteiger partial charge in [-0.15, -0.1) is 0 Å². The SMILES string of the molecule is CCOC(=O)C1=C(C)NC(SCC(=O)OC(C)(C)C)=C(C#N)C1c1ccc(C(=O)OC)cc1. The molecule has 1 atom stereocenters. The van der Waals surface area contributed by atoms with Crippen molar-refractivity contribution in [3.8, 4) is 6.07 Å². The van der Waals surface area contributed by atoms with Crippen LogP contribution in [0.3, 0.4) is 0 Å². The van der Waals surface area contributed by atoms with E-state index < -0.39 is 29.4 Å². The van der Waals surface area contributed by atoms with Crippen molar-refractivity contribution in [2.75, 3.05) is 19.5 Å². The zero-order chi connectivity index (χ0) is 24.8. The van der Waals surface area contributed by atoms with Gasteiger partial charge in [-0.05, 0) is 52.3 Å². The number of methoxy groups -OCH3 is 1. The van der Waals surface area contributed by atoms with Crippen LogP contribution in [-0.4, -0.2) is 43.0 Å². The molecule has 0 fully saturated rings. The Bertz CT molecular complexity index is 1030. The number of nitrogens with zero attached hydrogens (tertiary/aromatic N) is 1. The van der Waals surface area contributed by atoms with Crippen LogP contribution in [0.1, 0.15) is 56.5 Å². The van der Waals surface area contributed by atoms with Crippen LogP contribution in [0.15, 0.2) is 46.1 Å². The number of esters is 3. The molecule has 0 amide bonds. The lowest BCUT2D eigenvalue weighted by Gasteiger charge is -2.29. The lowest BCUT2D eigenvalue weighted by molar-refractivity contribution is -0.151. The number of hydrogen-bond acceptors (Lipinski definition) is 9. The molecule has 9 heteroatoms. The van der Waals surface area contributed by atoms with E-state index in [1.165, 1.54) is 7.11 Å². The first-order valence-electron chi connectivity index (χ1n) is 10.3. The van der Waals surface area contributed by atoms with Crippen molar-refractivity contribution >= 4 is 29.7 Å². The number of ether oxygens (including phenoxy) is 3. The van der Waals surface area contributed by atoms with Gasteiger partial charge in [-0.25, -0.2) is 9.59 Å². The normalized spacial score (nSPS) is 16.0. The van der Waals surface area contributed by atoms with Gasteiger partial charge >= 0.3 is 17.9 Å². The topological polar surface area (TPSA) is 115 Å². The molecule has 2 rings (SSSR count). The van der Waals surface area contributed by atoms with Gasteiger partial charge < -0.3 is 19.5 Å². The summed E-state index contributed by atoms with van der Waals surface area (Å²) >= 11 is 1.13. The number of allylic oxidation sites excluding steroid dienone is 2. The van der Waals surface area contributed by atoms with E-state index in [9.17, 15) is 19.6 Å². The molecule has 1 N–H and O–H groups in total. The molecule has 0 saturated carbocycles. The molecule has 1 aromatic carbocycles. The summed E-state index contributed by atoms with van der Waals surface area (Å²) in [5.41, 5.74) is 1.42. The second-order valence-corrected chi connectivity index (χ2v) is 9.15. The average molecular weight is 473 g/mol. The zero-order valence-corrected chi connectivity index (χ0v) is 20.4. The van der Waals surface area contributed by atoms with Gasteiger partial charge in [-0.3, -0.25) is 4.79 Å². The Morgan fingerprint density at radius 2 is 1.79 bits per heavy atom. The van der Waals surface area contributed by atoms with Gasteiger partial charge in [0, 0.05) is 5.70 Å². The highest BCUT2D eigenvalue weighted by molar-refractivity contribution is 8.03. The molecule has 1 aliphatic rings. The van der Waals surface area contributed by atoms with E-state index in [1.807, 2.05) is 0 Å². The van der Waals surface area contributed by atoms with E-state index in [4.69, 9.17) is 14.2 Å². The second kappa shape index (κ2) is 11.1. The average Bonchev–Trinajstić information content (AvgIpc) is 2.75. The zero-order valence-electron chi connectivity index (χ0n) is 19.6. The predicted molar refractivity (Wildman–Crippen MR) is 124 cm³/mol. The van der Waals surface area contributed by atoms with E-state index in [1.54, 1.807) is 58.9 Å². The third-order valence-corrected chi connectivity index (χ3v) is 5.55. The number of thioether (sulfide) groups is 1. The Morgan fingerprint density at radius 1 is 1.15 bits per heavy atom. The fourth-order valence-electron chi connectivity index (χ4n) is 3.27. The van der Waals surface area contributed by atoms with Crippen molar-refractivity contribution in [2.24, 2.45) is 0 Å². The van der Waals surface area contributed by atoms with Gasteiger partial charge in [-0.2, -0.15) is 5.26 Å². The first kappa shape index (κ1) is 26.0. The van der Waals surface area contributed by atoms with Crippen molar-refractivity contribution in [1.29, 1.82) is 5.26 Å². The van der Waals surface area contributed by atoms with E-state index in [0.29, 0.717) is 27.4 Å². The summed E-state index contributed by atoms with van der Waals surface area (Å²) in [5.74, 6) is -2.21. The van der Waals surface area contributed by atoms with E-state index in [2.05, 4.69) is 11.4 Å². The maximum Gasteiger partial charge on any atom is 0.337 e. The number of rotatable bonds is 7. The Kier molecular flexibility index (Phi) is 8.71. The predicted octanol–water partition coefficient (Wildman–Crippen LogP) is 3.81. The van der Waals surface area contributed by atoms with Crippen LogP contribution in [0.5, 0.6) is 0 Å². The minimum Gasteiger partial charge on any atom is -0.465 e. The molecular formula is C24H28N2O6S.